The molecule has 3 aliphatic rings. The van der Waals surface area contributed by atoms with Gasteiger partial charge in [-0.15, -0.1) is 0 Å². The molecule has 3 fully saturated rings. The van der Waals surface area contributed by atoms with E-state index in [1.165, 1.54) is 16.8 Å². The minimum absolute atomic E-state index is 0.190. The highest BCUT2D eigenvalue weighted by atomic mass is 19.1. The first kappa shape index (κ1) is 43.5. The lowest BCUT2D eigenvalue weighted by Gasteiger charge is -2.43. The highest BCUT2D eigenvalue weighted by Crippen LogP contribution is 2.32. The zero-order chi connectivity index (χ0) is 45.7. The van der Waals surface area contributed by atoms with Crippen LogP contribution in [0.15, 0.2) is 120 Å². The van der Waals surface area contributed by atoms with Gasteiger partial charge in [-0.2, -0.15) is 10.4 Å². The SMILES string of the molecule is N#Cc1cccc(-c2ccc(=O)n(Cc3cccc(-c4ncc(-c5cccc(CN6CCN(NC7CCC(=O)NC7=O)CC6c6ccc(NC7CCC(=O)NC7=O)cc6F)c5)cn4)c3)n2)c1. The Labute approximate surface area is 378 Å². The topological polar surface area (TPSA) is 207 Å². The number of nitrogens with zero attached hydrogens (tertiary/aromatic N) is 7. The summed E-state index contributed by atoms with van der Waals surface area (Å²) in [6.45, 7) is 2.07. The molecular formula is C49H44FN11O5. The number of hydrogen-bond acceptors (Lipinski definition) is 13. The summed E-state index contributed by atoms with van der Waals surface area (Å²) in [4.78, 5) is 73.0. The molecule has 16 nitrogen and oxygen atoms in total. The monoisotopic (exact) mass is 885 g/mol. The zero-order valence-electron chi connectivity index (χ0n) is 35.6. The summed E-state index contributed by atoms with van der Waals surface area (Å²) in [6.07, 6.45) is 4.60. The second-order valence-corrected chi connectivity index (χ2v) is 16.6. The van der Waals surface area contributed by atoms with Crippen LogP contribution in [-0.2, 0) is 32.3 Å². The molecule has 9 rings (SSSR count). The van der Waals surface area contributed by atoms with E-state index in [1.807, 2.05) is 53.5 Å². The van der Waals surface area contributed by atoms with Crippen LogP contribution in [0, 0.1) is 17.1 Å². The van der Waals surface area contributed by atoms with E-state index >= 15 is 4.39 Å². The van der Waals surface area contributed by atoms with E-state index in [0.29, 0.717) is 67.4 Å². The van der Waals surface area contributed by atoms with Crippen LogP contribution in [0.4, 0.5) is 10.1 Å². The lowest BCUT2D eigenvalue weighted by Crippen LogP contribution is -2.60. The van der Waals surface area contributed by atoms with Crippen LogP contribution in [0.3, 0.4) is 0 Å². The number of hydrogen-bond donors (Lipinski definition) is 4. The summed E-state index contributed by atoms with van der Waals surface area (Å²) in [5.41, 5.74) is 9.94. The van der Waals surface area contributed by atoms with Gasteiger partial charge in [0.05, 0.1) is 29.9 Å². The van der Waals surface area contributed by atoms with Crippen LogP contribution in [0.25, 0.3) is 33.8 Å². The van der Waals surface area contributed by atoms with Gasteiger partial charge in [0.15, 0.2) is 5.82 Å². The Kier molecular flexibility index (Phi) is 12.6. The molecule has 4 aromatic carbocycles. The summed E-state index contributed by atoms with van der Waals surface area (Å²) >= 11 is 0. The second kappa shape index (κ2) is 19.1. The second-order valence-electron chi connectivity index (χ2n) is 16.6. The Balaban J connectivity index is 0.908. The molecule has 3 aliphatic heterocycles. The van der Waals surface area contributed by atoms with Gasteiger partial charge in [-0.1, -0.05) is 54.6 Å². The predicted octanol–water partition coefficient (Wildman–Crippen LogP) is 4.48. The molecule has 0 saturated carbocycles. The molecule has 66 heavy (non-hydrogen) atoms. The van der Waals surface area contributed by atoms with Gasteiger partial charge >= 0.3 is 0 Å². The van der Waals surface area contributed by atoms with E-state index in [2.05, 4.69) is 43.5 Å². The van der Waals surface area contributed by atoms with Crippen molar-refractivity contribution in [1.82, 2.24) is 45.7 Å². The Bertz CT molecular complexity index is 2950. The number of imide groups is 2. The fourth-order valence-electron chi connectivity index (χ4n) is 8.53. The van der Waals surface area contributed by atoms with Crippen molar-refractivity contribution < 1.29 is 23.6 Å². The molecule has 0 radical (unpaired) electrons. The van der Waals surface area contributed by atoms with Crippen molar-refractivity contribution in [3.63, 3.8) is 0 Å². The molecule has 0 spiro atoms. The molecule has 4 N–H and O–H groups in total. The van der Waals surface area contributed by atoms with Crippen molar-refractivity contribution in [2.75, 3.05) is 25.0 Å². The molecule has 17 heteroatoms. The van der Waals surface area contributed by atoms with Gasteiger partial charge in [-0.3, -0.25) is 39.5 Å². The van der Waals surface area contributed by atoms with Gasteiger partial charge < -0.3 is 5.32 Å². The molecule has 332 valence electrons. The molecule has 3 saturated heterocycles. The standard InChI is InChI=1S/C49H44FN11O5/c50-39-23-37(54-41-12-15-44(62)55-48(41)65)10-11-38(39)43-29-60(57-42-13-16-45(63)56-49(42)66)19-18-59(43)27-31-5-2-7-33(21-31)36-25-52-47(53-26-36)35-9-3-6-32(22-35)28-61-46(64)17-14-40(58-61)34-8-1-4-30(20-34)24-51/h1-11,14,17,20-23,25-26,41-43,54,57H,12-13,15-16,18-19,27-29H2,(H,55,62,65)(H,56,63,66). The van der Waals surface area contributed by atoms with Crippen molar-refractivity contribution in [3.05, 3.63) is 154 Å². The highest BCUT2D eigenvalue weighted by Gasteiger charge is 2.34. The third-order valence-electron chi connectivity index (χ3n) is 12.0. The number of piperidine rings is 2. The third kappa shape index (κ3) is 9.96. The summed E-state index contributed by atoms with van der Waals surface area (Å²) in [5.74, 6) is -1.45. The average Bonchev–Trinajstić information content (AvgIpc) is 3.32. The number of carbonyl (C=O) groups excluding carboxylic acids is 4. The zero-order valence-corrected chi connectivity index (χ0v) is 35.6. The minimum Gasteiger partial charge on any atom is -0.374 e. The maximum atomic E-state index is 16.2. The van der Waals surface area contributed by atoms with Crippen LogP contribution in [0.1, 0.15) is 54.0 Å². The van der Waals surface area contributed by atoms with Crippen LogP contribution < -0.4 is 26.9 Å². The quantitative estimate of drug-likeness (QED) is 0.125. The summed E-state index contributed by atoms with van der Waals surface area (Å²) in [6, 6.07) is 31.0. The van der Waals surface area contributed by atoms with Crippen molar-refractivity contribution in [1.29, 1.82) is 5.26 Å². The number of amides is 4. The Morgan fingerprint density at radius 3 is 2.12 bits per heavy atom. The first-order valence-electron chi connectivity index (χ1n) is 21.6. The fraction of sp³-hybridized carbons (Fsp3) is 0.245. The molecule has 3 atom stereocenters. The molecule has 4 amide bonds. The van der Waals surface area contributed by atoms with E-state index in [9.17, 15) is 29.2 Å². The van der Waals surface area contributed by atoms with Gasteiger partial charge in [-0.05, 0) is 72.0 Å². The number of aromatic nitrogens is 4. The summed E-state index contributed by atoms with van der Waals surface area (Å²) < 4.78 is 17.6. The van der Waals surface area contributed by atoms with Gasteiger partial charge in [0.2, 0.25) is 23.6 Å². The van der Waals surface area contributed by atoms with E-state index in [-0.39, 0.29) is 36.8 Å². The van der Waals surface area contributed by atoms with E-state index < -0.39 is 35.8 Å². The third-order valence-corrected chi connectivity index (χ3v) is 12.0. The molecule has 5 heterocycles. The van der Waals surface area contributed by atoms with E-state index in [4.69, 9.17) is 9.97 Å². The van der Waals surface area contributed by atoms with Crippen LogP contribution in [0.5, 0.6) is 0 Å². The Morgan fingerprint density at radius 1 is 0.712 bits per heavy atom. The summed E-state index contributed by atoms with van der Waals surface area (Å²) in [7, 11) is 0. The van der Waals surface area contributed by atoms with Crippen LogP contribution in [0.2, 0.25) is 0 Å². The maximum Gasteiger partial charge on any atom is 0.267 e. The molecule has 3 unspecified atom stereocenters. The van der Waals surface area contributed by atoms with Gasteiger partial charge in [0.25, 0.3) is 5.56 Å². The lowest BCUT2D eigenvalue weighted by molar-refractivity contribution is -0.137. The smallest absolute Gasteiger partial charge is 0.267 e. The number of hydrazine groups is 1. The number of anilines is 1. The Hall–Kier alpha value is -7.78. The van der Waals surface area contributed by atoms with Gasteiger partial charge in [-0.25, -0.2) is 29.5 Å². The van der Waals surface area contributed by atoms with Crippen molar-refractivity contribution in [3.8, 4) is 39.8 Å². The molecular weight excluding hydrogens is 842 g/mol. The Morgan fingerprint density at radius 2 is 1.39 bits per heavy atom. The van der Waals surface area contributed by atoms with E-state index in [0.717, 1.165) is 33.4 Å². The number of carbonyl (C=O) groups is 4. The average molecular weight is 886 g/mol. The molecule has 6 aromatic rings. The van der Waals surface area contributed by atoms with Crippen molar-refractivity contribution >= 4 is 29.3 Å². The fourth-order valence-corrected chi connectivity index (χ4v) is 8.53. The molecule has 0 bridgehead atoms. The number of nitrogens with one attached hydrogen (secondary N) is 4. The van der Waals surface area contributed by atoms with Crippen LogP contribution in [-0.4, -0.2) is 85.0 Å². The predicted molar refractivity (Wildman–Crippen MR) is 241 cm³/mol. The van der Waals surface area contributed by atoms with Crippen LogP contribution >= 0.6 is 0 Å². The molecule has 2 aromatic heterocycles. The molecule has 0 aliphatic carbocycles. The first-order chi connectivity index (χ1) is 32.0. The number of rotatable bonds is 12. The maximum absolute atomic E-state index is 16.2. The lowest BCUT2D eigenvalue weighted by atomic mass is 9.99. The number of halogens is 1. The first-order valence-corrected chi connectivity index (χ1v) is 21.6. The number of nitriles is 1. The number of piperazine rings is 1. The van der Waals surface area contributed by atoms with Crippen molar-refractivity contribution in [2.24, 2.45) is 0 Å². The van der Waals surface area contributed by atoms with Gasteiger partial charge in [0, 0.05) is 85.4 Å². The highest BCUT2D eigenvalue weighted by molar-refractivity contribution is 6.01. The van der Waals surface area contributed by atoms with Crippen molar-refractivity contribution in [2.45, 2.75) is 56.9 Å². The van der Waals surface area contributed by atoms with Gasteiger partial charge in [0.1, 0.15) is 17.9 Å². The number of benzene rings is 4. The summed E-state index contributed by atoms with van der Waals surface area (Å²) in [5, 5.41) is 23.6. The largest absolute Gasteiger partial charge is 0.374 e. The minimum atomic E-state index is -0.666. The van der Waals surface area contributed by atoms with E-state index in [1.54, 1.807) is 48.8 Å². The normalized spacial score (nSPS) is 19.2.